The predicted molar refractivity (Wildman–Crippen MR) is 45.7 cm³/mol. The third kappa shape index (κ3) is 0.946. The van der Waals surface area contributed by atoms with Gasteiger partial charge in [0, 0.05) is 19.2 Å². The van der Waals surface area contributed by atoms with E-state index in [-0.39, 0.29) is 0 Å². The largest absolute Gasteiger partial charge is 0.402 e. The molecule has 0 radical (unpaired) electrons. The number of rotatable bonds is 0. The summed E-state index contributed by atoms with van der Waals surface area (Å²) in [6, 6.07) is 0.500. The normalized spacial score (nSPS) is 28.1. The van der Waals surface area contributed by atoms with E-state index >= 15 is 0 Å². The molecule has 2 heteroatoms. The minimum atomic E-state index is 0.500. The Bertz CT molecular complexity index is 261. The molecule has 1 aliphatic carbocycles. The summed E-state index contributed by atoms with van der Waals surface area (Å²) in [4.78, 5) is 2.20. The second-order valence-electron chi connectivity index (χ2n) is 3.11. The molecular weight excluding hydrogens is 136 g/mol. The quantitative estimate of drug-likeness (QED) is 0.555. The van der Waals surface area contributed by atoms with Crippen LogP contribution in [0.5, 0.6) is 0 Å². The summed E-state index contributed by atoms with van der Waals surface area (Å²) in [5, 5.41) is 0. The molecule has 1 aliphatic heterocycles. The standard InChI is InChI=1S/C9H12N2/c1-11-5-4-7-2-3-8(10)6-9(7)11/h2-5,9H,6,10H2,1H3. The highest BCUT2D eigenvalue weighted by atomic mass is 15.1. The van der Waals surface area contributed by atoms with Gasteiger partial charge in [0.1, 0.15) is 0 Å². The maximum Gasteiger partial charge on any atom is 0.0588 e. The third-order valence-electron chi connectivity index (χ3n) is 2.30. The molecule has 2 nitrogen and oxygen atoms in total. The van der Waals surface area contributed by atoms with E-state index in [4.69, 9.17) is 5.73 Å². The molecule has 0 amide bonds. The molecule has 0 bridgehead atoms. The summed E-state index contributed by atoms with van der Waals surface area (Å²) in [7, 11) is 2.08. The van der Waals surface area contributed by atoms with Crippen molar-refractivity contribution in [1.29, 1.82) is 0 Å². The maximum atomic E-state index is 5.72. The molecule has 2 N–H and O–H groups in total. The van der Waals surface area contributed by atoms with Crippen molar-refractivity contribution >= 4 is 0 Å². The van der Waals surface area contributed by atoms with E-state index < -0.39 is 0 Å². The highest BCUT2D eigenvalue weighted by molar-refractivity contribution is 5.38. The van der Waals surface area contributed by atoms with Crippen LogP contribution in [0.4, 0.5) is 0 Å². The smallest absolute Gasteiger partial charge is 0.0588 e. The van der Waals surface area contributed by atoms with Crippen LogP contribution in [0.15, 0.2) is 35.7 Å². The molecule has 0 spiro atoms. The summed E-state index contributed by atoms with van der Waals surface area (Å²) in [5.74, 6) is 0. The van der Waals surface area contributed by atoms with Crippen LogP contribution in [0.25, 0.3) is 0 Å². The molecule has 1 unspecified atom stereocenters. The lowest BCUT2D eigenvalue weighted by Crippen LogP contribution is -2.27. The highest BCUT2D eigenvalue weighted by Crippen LogP contribution is 2.26. The van der Waals surface area contributed by atoms with E-state index in [9.17, 15) is 0 Å². The SMILES string of the molecule is CN1C=CC2=CC=C(N)CC21. The molecule has 1 atom stereocenters. The van der Waals surface area contributed by atoms with Crippen molar-refractivity contribution in [2.45, 2.75) is 12.5 Å². The Morgan fingerprint density at radius 2 is 2.36 bits per heavy atom. The van der Waals surface area contributed by atoms with E-state index in [2.05, 4.69) is 30.3 Å². The first-order valence-corrected chi connectivity index (χ1v) is 3.84. The average Bonchev–Trinajstić information content (AvgIpc) is 2.33. The van der Waals surface area contributed by atoms with Gasteiger partial charge in [-0.2, -0.15) is 0 Å². The van der Waals surface area contributed by atoms with Crippen molar-refractivity contribution in [2.75, 3.05) is 7.05 Å². The van der Waals surface area contributed by atoms with Gasteiger partial charge in [-0.05, 0) is 23.9 Å². The number of hydrogen-bond acceptors (Lipinski definition) is 2. The molecule has 0 aromatic rings. The third-order valence-corrected chi connectivity index (χ3v) is 2.30. The monoisotopic (exact) mass is 148 g/mol. The van der Waals surface area contributed by atoms with Gasteiger partial charge < -0.3 is 10.6 Å². The predicted octanol–water partition coefficient (Wildman–Crippen LogP) is 0.987. The van der Waals surface area contributed by atoms with Crippen LogP contribution in [0.3, 0.4) is 0 Å². The Labute approximate surface area is 66.7 Å². The lowest BCUT2D eigenvalue weighted by atomic mass is 9.99. The van der Waals surface area contributed by atoms with Crippen LogP contribution >= 0.6 is 0 Å². The molecule has 1 heterocycles. The molecule has 0 aromatic carbocycles. The van der Waals surface area contributed by atoms with Crippen molar-refractivity contribution < 1.29 is 0 Å². The molecule has 58 valence electrons. The number of fused-ring (bicyclic) bond motifs is 1. The second kappa shape index (κ2) is 2.16. The topological polar surface area (TPSA) is 29.3 Å². The zero-order chi connectivity index (χ0) is 7.84. The van der Waals surface area contributed by atoms with Crippen LogP contribution < -0.4 is 5.73 Å². The maximum absolute atomic E-state index is 5.72. The van der Waals surface area contributed by atoms with Gasteiger partial charge in [-0.15, -0.1) is 0 Å². The Kier molecular flexibility index (Phi) is 1.28. The molecule has 2 aliphatic rings. The fraction of sp³-hybridized carbons (Fsp3) is 0.333. The van der Waals surface area contributed by atoms with Crippen LogP contribution in [-0.4, -0.2) is 18.0 Å². The first kappa shape index (κ1) is 6.53. The molecule has 0 aromatic heterocycles. The van der Waals surface area contributed by atoms with Crippen molar-refractivity contribution in [3.8, 4) is 0 Å². The van der Waals surface area contributed by atoms with E-state index in [1.54, 1.807) is 0 Å². The highest BCUT2D eigenvalue weighted by Gasteiger charge is 2.22. The molecule has 0 fully saturated rings. The number of nitrogens with two attached hydrogens (primary N) is 1. The van der Waals surface area contributed by atoms with Crippen LogP contribution in [-0.2, 0) is 0 Å². The van der Waals surface area contributed by atoms with Gasteiger partial charge in [0.05, 0.1) is 6.04 Å². The van der Waals surface area contributed by atoms with Gasteiger partial charge in [-0.3, -0.25) is 0 Å². The molecule has 0 saturated carbocycles. The summed E-state index contributed by atoms with van der Waals surface area (Å²) < 4.78 is 0. The minimum Gasteiger partial charge on any atom is -0.402 e. The Morgan fingerprint density at radius 3 is 3.18 bits per heavy atom. The first-order valence-electron chi connectivity index (χ1n) is 3.84. The Hall–Kier alpha value is -1.18. The number of hydrogen-bond donors (Lipinski definition) is 1. The average molecular weight is 148 g/mol. The minimum absolute atomic E-state index is 0.500. The lowest BCUT2D eigenvalue weighted by molar-refractivity contribution is 0.387. The number of allylic oxidation sites excluding steroid dienone is 2. The zero-order valence-corrected chi connectivity index (χ0v) is 6.62. The van der Waals surface area contributed by atoms with Gasteiger partial charge in [-0.1, -0.05) is 6.08 Å². The number of nitrogens with zero attached hydrogens (tertiary/aromatic N) is 1. The number of likely N-dealkylation sites (N-methyl/N-ethyl adjacent to an activating group) is 1. The zero-order valence-electron chi connectivity index (χ0n) is 6.62. The van der Waals surface area contributed by atoms with Gasteiger partial charge in [-0.25, -0.2) is 0 Å². The van der Waals surface area contributed by atoms with Gasteiger partial charge in [0.2, 0.25) is 0 Å². The Balaban J connectivity index is 2.30. The van der Waals surface area contributed by atoms with Crippen molar-refractivity contribution in [2.24, 2.45) is 5.73 Å². The van der Waals surface area contributed by atoms with E-state index in [0.717, 1.165) is 12.1 Å². The first-order chi connectivity index (χ1) is 5.27. The molecule has 0 saturated heterocycles. The van der Waals surface area contributed by atoms with Crippen molar-refractivity contribution in [3.05, 3.63) is 35.7 Å². The van der Waals surface area contributed by atoms with E-state index in [0.29, 0.717) is 6.04 Å². The second-order valence-corrected chi connectivity index (χ2v) is 3.11. The van der Waals surface area contributed by atoms with Crippen molar-refractivity contribution in [1.82, 2.24) is 4.90 Å². The summed E-state index contributed by atoms with van der Waals surface area (Å²) in [6.07, 6.45) is 9.31. The molecular formula is C9H12N2. The van der Waals surface area contributed by atoms with Gasteiger partial charge in [0.25, 0.3) is 0 Å². The van der Waals surface area contributed by atoms with E-state index in [1.165, 1.54) is 5.57 Å². The Morgan fingerprint density at radius 1 is 1.55 bits per heavy atom. The van der Waals surface area contributed by atoms with Gasteiger partial charge >= 0.3 is 0 Å². The molecule has 11 heavy (non-hydrogen) atoms. The van der Waals surface area contributed by atoms with Crippen LogP contribution in [0.1, 0.15) is 6.42 Å². The van der Waals surface area contributed by atoms with Crippen LogP contribution in [0.2, 0.25) is 0 Å². The van der Waals surface area contributed by atoms with Crippen LogP contribution in [0, 0.1) is 0 Å². The molecule has 2 rings (SSSR count). The summed E-state index contributed by atoms with van der Waals surface area (Å²) >= 11 is 0. The summed E-state index contributed by atoms with van der Waals surface area (Å²) in [5.41, 5.74) is 8.07. The fourth-order valence-corrected chi connectivity index (χ4v) is 1.58. The lowest BCUT2D eigenvalue weighted by Gasteiger charge is -2.24. The summed E-state index contributed by atoms with van der Waals surface area (Å²) in [6.45, 7) is 0. The van der Waals surface area contributed by atoms with Gasteiger partial charge in [0.15, 0.2) is 0 Å². The fourth-order valence-electron chi connectivity index (χ4n) is 1.58. The van der Waals surface area contributed by atoms with Crippen molar-refractivity contribution in [3.63, 3.8) is 0 Å². The van der Waals surface area contributed by atoms with E-state index in [1.807, 2.05) is 6.08 Å².